The highest BCUT2D eigenvalue weighted by atomic mass is 19.1. The Morgan fingerprint density at radius 3 is 2.62 bits per heavy atom. The number of rotatable bonds is 3. The first-order valence-corrected chi connectivity index (χ1v) is 4.25. The largest absolute Gasteiger partial charge is 0.349 e. The molecule has 1 aliphatic carbocycles. The summed E-state index contributed by atoms with van der Waals surface area (Å²) < 4.78 is 13.3. The SMILES string of the molecule is O=CNC1(c2ccccc2F)CC1. The van der Waals surface area contributed by atoms with Crippen molar-refractivity contribution in [2.24, 2.45) is 0 Å². The fraction of sp³-hybridized carbons (Fsp3) is 0.300. The van der Waals surface area contributed by atoms with E-state index in [-0.39, 0.29) is 5.82 Å². The normalized spacial score (nSPS) is 17.9. The van der Waals surface area contributed by atoms with Gasteiger partial charge in [-0.05, 0) is 18.9 Å². The zero-order valence-electron chi connectivity index (χ0n) is 7.09. The minimum atomic E-state index is -0.410. The smallest absolute Gasteiger partial charge is 0.207 e. The van der Waals surface area contributed by atoms with Gasteiger partial charge in [-0.2, -0.15) is 0 Å². The van der Waals surface area contributed by atoms with Crippen LogP contribution in [0.5, 0.6) is 0 Å². The Kier molecular flexibility index (Phi) is 1.79. The van der Waals surface area contributed by atoms with Crippen molar-refractivity contribution in [3.05, 3.63) is 35.6 Å². The van der Waals surface area contributed by atoms with E-state index in [4.69, 9.17) is 0 Å². The fourth-order valence-electron chi connectivity index (χ4n) is 1.58. The maximum absolute atomic E-state index is 13.3. The lowest BCUT2D eigenvalue weighted by molar-refractivity contribution is -0.110. The number of amides is 1. The van der Waals surface area contributed by atoms with E-state index in [2.05, 4.69) is 5.32 Å². The summed E-state index contributed by atoms with van der Waals surface area (Å²) >= 11 is 0. The maximum atomic E-state index is 13.3. The molecule has 68 valence electrons. The molecule has 13 heavy (non-hydrogen) atoms. The number of carbonyl (C=O) groups excluding carboxylic acids is 1. The molecule has 3 heteroatoms. The van der Waals surface area contributed by atoms with Crippen LogP contribution in [0, 0.1) is 5.82 Å². The zero-order valence-corrected chi connectivity index (χ0v) is 7.09. The van der Waals surface area contributed by atoms with E-state index in [1.807, 2.05) is 0 Å². The molecule has 0 aromatic heterocycles. The van der Waals surface area contributed by atoms with Crippen LogP contribution in [-0.2, 0) is 10.3 Å². The molecule has 1 fully saturated rings. The molecular formula is C10H10FNO. The molecule has 0 unspecified atom stereocenters. The van der Waals surface area contributed by atoms with Gasteiger partial charge in [0.1, 0.15) is 5.82 Å². The molecule has 2 rings (SSSR count). The highest BCUT2D eigenvalue weighted by Crippen LogP contribution is 2.45. The summed E-state index contributed by atoms with van der Waals surface area (Å²) in [6, 6.07) is 6.57. The molecule has 1 amide bonds. The minimum absolute atomic E-state index is 0.241. The van der Waals surface area contributed by atoms with Crippen LogP contribution in [0.2, 0.25) is 0 Å². The molecule has 0 atom stereocenters. The number of halogens is 1. The first-order chi connectivity index (χ1) is 6.28. The van der Waals surface area contributed by atoms with Gasteiger partial charge in [0.25, 0.3) is 0 Å². The Morgan fingerprint density at radius 1 is 1.38 bits per heavy atom. The molecule has 0 aliphatic heterocycles. The lowest BCUT2D eigenvalue weighted by atomic mass is 10.0. The monoisotopic (exact) mass is 179 g/mol. The summed E-state index contributed by atoms with van der Waals surface area (Å²) in [5.41, 5.74) is 0.190. The predicted molar refractivity (Wildman–Crippen MR) is 46.5 cm³/mol. The highest BCUT2D eigenvalue weighted by molar-refractivity contribution is 5.51. The zero-order chi connectivity index (χ0) is 9.31. The van der Waals surface area contributed by atoms with Crippen molar-refractivity contribution in [2.45, 2.75) is 18.4 Å². The first-order valence-electron chi connectivity index (χ1n) is 4.25. The topological polar surface area (TPSA) is 29.1 Å². The van der Waals surface area contributed by atoms with Gasteiger partial charge >= 0.3 is 0 Å². The van der Waals surface area contributed by atoms with Crippen molar-refractivity contribution >= 4 is 6.41 Å². The summed E-state index contributed by atoms with van der Waals surface area (Å²) in [5, 5.41) is 2.67. The van der Waals surface area contributed by atoms with Crippen LogP contribution in [0.3, 0.4) is 0 Å². The second-order valence-electron chi connectivity index (χ2n) is 3.32. The lowest BCUT2D eigenvalue weighted by Gasteiger charge is -2.14. The van der Waals surface area contributed by atoms with E-state index in [1.165, 1.54) is 6.07 Å². The van der Waals surface area contributed by atoms with Crippen LogP contribution in [0.25, 0.3) is 0 Å². The van der Waals surface area contributed by atoms with Crippen LogP contribution in [-0.4, -0.2) is 6.41 Å². The molecule has 0 heterocycles. The van der Waals surface area contributed by atoms with Crippen molar-refractivity contribution < 1.29 is 9.18 Å². The van der Waals surface area contributed by atoms with E-state index in [0.717, 1.165) is 12.8 Å². The summed E-state index contributed by atoms with van der Waals surface area (Å²) in [5.74, 6) is -0.241. The van der Waals surface area contributed by atoms with Crippen molar-refractivity contribution in [1.82, 2.24) is 5.32 Å². The van der Waals surface area contributed by atoms with Crippen LogP contribution in [0.15, 0.2) is 24.3 Å². The third-order valence-corrected chi connectivity index (χ3v) is 2.47. The summed E-state index contributed by atoms with van der Waals surface area (Å²) in [4.78, 5) is 10.3. The Labute approximate surface area is 75.8 Å². The number of carbonyl (C=O) groups is 1. The molecular weight excluding hydrogens is 169 g/mol. The van der Waals surface area contributed by atoms with Gasteiger partial charge < -0.3 is 5.32 Å². The number of hydrogen-bond donors (Lipinski definition) is 1. The average Bonchev–Trinajstić information content (AvgIpc) is 2.87. The van der Waals surface area contributed by atoms with E-state index in [0.29, 0.717) is 12.0 Å². The first kappa shape index (κ1) is 8.23. The molecule has 0 radical (unpaired) electrons. The van der Waals surface area contributed by atoms with Crippen LogP contribution in [0.4, 0.5) is 4.39 Å². The third kappa shape index (κ3) is 1.30. The summed E-state index contributed by atoms with van der Waals surface area (Å²) in [7, 11) is 0. The van der Waals surface area contributed by atoms with Crippen molar-refractivity contribution in [3.63, 3.8) is 0 Å². The highest BCUT2D eigenvalue weighted by Gasteiger charge is 2.45. The van der Waals surface area contributed by atoms with E-state index < -0.39 is 5.54 Å². The molecule has 1 aromatic carbocycles. The van der Waals surface area contributed by atoms with Crippen molar-refractivity contribution in [1.29, 1.82) is 0 Å². The Balaban J connectivity index is 2.35. The Hall–Kier alpha value is -1.38. The van der Waals surface area contributed by atoms with Gasteiger partial charge in [-0.15, -0.1) is 0 Å². The fourth-order valence-corrected chi connectivity index (χ4v) is 1.58. The van der Waals surface area contributed by atoms with Crippen molar-refractivity contribution in [3.8, 4) is 0 Å². The van der Waals surface area contributed by atoms with E-state index in [9.17, 15) is 9.18 Å². The quantitative estimate of drug-likeness (QED) is 0.701. The maximum Gasteiger partial charge on any atom is 0.207 e. The van der Waals surface area contributed by atoms with Gasteiger partial charge in [0.2, 0.25) is 6.41 Å². The molecule has 1 aromatic rings. The lowest BCUT2D eigenvalue weighted by Crippen LogP contribution is -2.28. The molecule has 1 aliphatic rings. The van der Waals surface area contributed by atoms with Gasteiger partial charge in [0, 0.05) is 5.56 Å². The number of benzene rings is 1. The molecule has 2 nitrogen and oxygen atoms in total. The second-order valence-corrected chi connectivity index (χ2v) is 3.32. The molecule has 0 bridgehead atoms. The Morgan fingerprint density at radius 2 is 2.08 bits per heavy atom. The second kappa shape index (κ2) is 2.83. The number of nitrogens with one attached hydrogen (secondary N) is 1. The standard InChI is InChI=1S/C10H10FNO/c11-9-4-2-1-3-8(9)10(5-6-10)12-7-13/h1-4,7H,5-6H2,(H,12,13). The van der Waals surface area contributed by atoms with Gasteiger partial charge in [-0.25, -0.2) is 4.39 Å². The van der Waals surface area contributed by atoms with Gasteiger partial charge in [-0.1, -0.05) is 18.2 Å². The van der Waals surface area contributed by atoms with Gasteiger partial charge in [0.05, 0.1) is 5.54 Å². The van der Waals surface area contributed by atoms with Crippen LogP contribution >= 0.6 is 0 Å². The Bertz CT molecular complexity index is 333. The predicted octanol–water partition coefficient (Wildman–Crippen LogP) is 1.56. The van der Waals surface area contributed by atoms with Crippen LogP contribution < -0.4 is 5.32 Å². The molecule has 0 spiro atoms. The van der Waals surface area contributed by atoms with Gasteiger partial charge in [0.15, 0.2) is 0 Å². The molecule has 0 saturated heterocycles. The molecule has 1 N–H and O–H groups in total. The van der Waals surface area contributed by atoms with E-state index >= 15 is 0 Å². The molecule has 1 saturated carbocycles. The summed E-state index contributed by atoms with van der Waals surface area (Å²) in [6.07, 6.45) is 2.29. The van der Waals surface area contributed by atoms with Crippen LogP contribution in [0.1, 0.15) is 18.4 Å². The average molecular weight is 179 g/mol. The van der Waals surface area contributed by atoms with Gasteiger partial charge in [-0.3, -0.25) is 4.79 Å². The van der Waals surface area contributed by atoms with E-state index in [1.54, 1.807) is 18.2 Å². The number of hydrogen-bond acceptors (Lipinski definition) is 1. The summed E-state index contributed by atoms with van der Waals surface area (Å²) in [6.45, 7) is 0. The minimum Gasteiger partial charge on any atom is -0.349 e. The third-order valence-electron chi connectivity index (χ3n) is 2.47. The van der Waals surface area contributed by atoms with Crippen molar-refractivity contribution in [2.75, 3.05) is 0 Å².